The van der Waals surface area contributed by atoms with Crippen molar-refractivity contribution in [1.82, 2.24) is 4.90 Å². The van der Waals surface area contributed by atoms with Crippen molar-refractivity contribution in [3.8, 4) is 0 Å². The molecule has 4 heteroatoms. The first-order valence-corrected chi connectivity index (χ1v) is 11.2. The van der Waals surface area contributed by atoms with Crippen molar-refractivity contribution < 1.29 is 4.79 Å². The van der Waals surface area contributed by atoms with Crippen LogP contribution in [0.15, 0.2) is 65.4 Å². The topological polar surface area (TPSA) is 23.6 Å². The predicted molar refractivity (Wildman–Crippen MR) is 122 cm³/mol. The van der Waals surface area contributed by atoms with E-state index in [2.05, 4.69) is 59.8 Å². The summed E-state index contributed by atoms with van der Waals surface area (Å²) in [5.74, 6) is 0.102. The molecule has 1 saturated heterocycles. The molecule has 0 N–H and O–H groups in total. The lowest BCUT2D eigenvalue weighted by Gasteiger charge is -2.38. The zero-order valence-electron chi connectivity index (χ0n) is 17.2. The van der Waals surface area contributed by atoms with Crippen LogP contribution in [0.3, 0.4) is 0 Å². The molecule has 1 fully saturated rings. The first kappa shape index (κ1) is 19.9. The Bertz CT molecular complexity index is 924. The lowest BCUT2D eigenvalue weighted by molar-refractivity contribution is 0.0958. The Balaban J connectivity index is 1.53. The van der Waals surface area contributed by atoms with Gasteiger partial charge in [-0.3, -0.25) is 9.69 Å². The van der Waals surface area contributed by atoms with Crippen LogP contribution in [0.2, 0.25) is 0 Å². The summed E-state index contributed by atoms with van der Waals surface area (Å²) in [7, 11) is 0. The highest BCUT2D eigenvalue weighted by atomic mass is 32.1. The Hall–Kier alpha value is -2.43. The molecular weight excluding hydrogens is 376 g/mol. The Kier molecular flexibility index (Phi) is 6.12. The molecule has 0 radical (unpaired) electrons. The first-order chi connectivity index (χ1) is 14.1. The molecule has 0 bridgehead atoms. The Morgan fingerprint density at radius 2 is 1.59 bits per heavy atom. The van der Waals surface area contributed by atoms with Gasteiger partial charge < -0.3 is 4.90 Å². The van der Waals surface area contributed by atoms with Crippen LogP contribution in [-0.4, -0.2) is 29.9 Å². The molecule has 3 aromatic rings. The van der Waals surface area contributed by atoms with Crippen molar-refractivity contribution in [3.63, 3.8) is 0 Å². The van der Waals surface area contributed by atoms with E-state index >= 15 is 0 Å². The van der Waals surface area contributed by atoms with Crippen molar-refractivity contribution in [3.05, 3.63) is 87.6 Å². The van der Waals surface area contributed by atoms with Gasteiger partial charge in [0.15, 0.2) is 0 Å². The maximum atomic E-state index is 13.5. The third kappa shape index (κ3) is 4.77. The van der Waals surface area contributed by atoms with Crippen molar-refractivity contribution in [2.75, 3.05) is 18.0 Å². The van der Waals surface area contributed by atoms with Crippen LogP contribution in [0.5, 0.6) is 0 Å². The van der Waals surface area contributed by atoms with E-state index in [9.17, 15) is 4.79 Å². The number of anilines is 1. The minimum absolute atomic E-state index is 0.102. The summed E-state index contributed by atoms with van der Waals surface area (Å²) >= 11 is 1.75. The summed E-state index contributed by atoms with van der Waals surface area (Å²) in [4.78, 5) is 18.0. The summed E-state index contributed by atoms with van der Waals surface area (Å²) < 4.78 is 0. The molecule has 2 aromatic carbocycles. The highest BCUT2D eigenvalue weighted by molar-refractivity contribution is 7.07. The van der Waals surface area contributed by atoms with Crippen LogP contribution in [-0.2, 0) is 6.54 Å². The third-order valence-corrected chi connectivity index (χ3v) is 6.47. The molecule has 29 heavy (non-hydrogen) atoms. The fourth-order valence-corrected chi connectivity index (χ4v) is 4.67. The number of likely N-dealkylation sites (tertiary alicyclic amines) is 1. The summed E-state index contributed by atoms with van der Waals surface area (Å²) in [6, 6.07) is 18.7. The predicted octanol–water partition coefficient (Wildman–Crippen LogP) is 5.68. The molecule has 4 rings (SSSR count). The Morgan fingerprint density at radius 1 is 0.966 bits per heavy atom. The van der Waals surface area contributed by atoms with E-state index in [0.717, 1.165) is 43.7 Å². The molecule has 150 valence electrons. The van der Waals surface area contributed by atoms with E-state index in [1.807, 2.05) is 29.2 Å². The van der Waals surface area contributed by atoms with Gasteiger partial charge in [-0.05, 0) is 73.3 Å². The SMILES string of the molecule is Cc1ccc(C(=O)N(c2ccc(C)cc2)C2CCN(Cc3ccsc3)CC2)cc1. The fourth-order valence-electron chi connectivity index (χ4n) is 4.01. The normalized spacial score (nSPS) is 15.4. The molecule has 0 aliphatic carbocycles. The molecule has 0 atom stereocenters. The van der Waals surface area contributed by atoms with Crippen molar-refractivity contribution in [2.24, 2.45) is 0 Å². The van der Waals surface area contributed by atoms with Crippen LogP contribution in [0.1, 0.15) is 39.9 Å². The lowest BCUT2D eigenvalue weighted by atomic mass is 10.00. The van der Waals surface area contributed by atoms with Crippen LogP contribution < -0.4 is 4.90 Å². The number of nitrogens with zero attached hydrogens (tertiary/aromatic N) is 2. The van der Waals surface area contributed by atoms with Crippen molar-refractivity contribution in [2.45, 2.75) is 39.3 Å². The quantitative estimate of drug-likeness (QED) is 0.546. The zero-order valence-corrected chi connectivity index (χ0v) is 18.0. The average molecular weight is 405 g/mol. The van der Waals surface area contributed by atoms with Crippen molar-refractivity contribution >= 4 is 22.9 Å². The number of hydrogen-bond acceptors (Lipinski definition) is 3. The average Bonchev–Trinajstić information content (AvgIpc) is 3.24. The Morgan fingerprint density at radius 3 is 2.17 bits per heavy atom. The number of carbonyl (C=O) groups is 1. The molecule has 1 aromatic heterocycles. The molecule has 1 aliphatic rings. The van der Waals surface area contributed by atoms with Gasteiger partial charge in [-0.1, -0.05) is 35.4 Å². The highest BCUT2D eigenvalue weighted by Crippen LogP contribution is 2.27. The number of piperidine rings is 1. The lowest BCUT2D eigenvalue weighted by Crippen LogP contribution is -2.47. The molecule has 0 saturated carbocycles. The molecule has 0 unspecified atom stereocenters. The van der Waals surface area contributed by atoms with E-state index in [0.29, 0.717) is 0 Å². The smallest absolute Gasteiger partial charge is 0.258 e. The Labute approximate surface area is 177 Å². The number of rotatable bonds is 5. The van der Waals surface area contributed by atoms with Gasteiger partial charge in [0.1, 0.15) is 0 Å². The number of thiophene rings is 1. The maximum absolute atomic E-state index is 13.5. The van der Waals surface area contributed by atoms with E-state index in [-0.39, 0.29) is 11.9 Å². The van der Waals surface area contributed by atoms with Gasteiger partial charge >= 0.3 is 0 Å². The van der Waals surface area contributed by atoms with E-state index in [1.54, 1.807) is 11.3 Å². The van der Waals surface area contributed by atoms with Gasteiger partial charge in [-0.25, -0.2) is 0 Å². The zero-order chi connectivity index (χ0) is 20.2. The second kappa shape index (κ2) is 8.93. The van der Waals surface area contributed by atoms with Gasteiger partial charge in [0.25, 0.3) is 5.91 Å². The van der Waals surface area contributed by atoms with Gasteiger partial charge in [0.2, 0.25) is 0 Å². The van der Waals surface area contributed by atoms with Gasteiger partial charge in [-0.2, -0.15) is 11.3 Å². The number of aryl methyl sites for hydroxylation is 2. The molecule has 3 nitrogen and oxygen atoms in total. The van der Waals surface area contributed by atoms with E-state index in [1.165, 1.54) is 16.7 Å². The molecule has 1 aliphatic heterocycles. The molecule has 0 spiro atoms. The molecule has 2 heterocycles. The third-order valence-electron chi connectivity index (χ3n) is 5.74. The van der Waals surface area contributed by atoms with Gasteiger partial charge in [0, 0.05) is 36.9 Å². The molecule has 1 amide bonds. The van der Waals surface area contributed by atoms with Gasteiger partial charge in [-0.15, -0.1) is 0 Å². The number of hydrogen-bond donors (Lipinski definition) is 0. The maximum Gasteiger partial charge on any atom is 0.258 e. The van der Waals surface area contributed by atoms with E-state index < -0.39 is 0 Å². The van der Waals surface area contributed by atoms with Crippen molar-refractivity contribution in [1.29, 1.82) is 0 Å². The summed E-state index contributed by atoms with van der Waals surface area (Å²) in [6.07, 6.45) is 1.99. The summed E-state index contributed by atoms with van der Waals surface area (Å²) in [5, 5.41) is 4.37. The largest absolute Gasteiger partial charge is 0.305 e. The first-order valence-electron chi connectivity index (χ1n) is 10.3. The van der Waals surface area contributed by atoms with Crippen LogP contribution in [0.25, 0.3) is 0 Å². The van der Waals surface area contributed by atoms with Crippen LogP contribution in [0, 0.1) is 13.8 Å². The monoisotopic (exact) mass is 404 g/mol. The molecular formula is C25H28N2OS. The van der Waals surface area contributed by atoms with E-state index in [4.69, 9.17) is 0 Å². The summed E-state index contributed by atoms with van der Waals surface area (Å²) in [5.41, 5.74) is 5.53. The summed E-state index contributed by atoms with van der Waals surface area (Å²) in [6.45, 7) is 7.18. The second-order valence-corrected chi connectivity index (χ2v) is 8.80. The van der Waals surface area contributed by atoms with Gasteiger partial charge in [0.05, 0.1) is 0 Å². The number of benzene rings is 2. The van der Waals surface area contributed by atoms with Crippen LogP contribution >= 0.6 is 11.3 Å². The minimum atomic E-state index is 0.102. The fraction of sp³-hybridized carbons (Fsp3) is 0.320. The number of carbonyl (C=O) groups excluding carboxylic acids is 1. The van der Waals surface area contributed by atoms with Crippen LogP contribution in [0.4, 0.5) is 5.69 Å². The second-order valence-electron chi connectivity index (χ2n) is 8.02. The number of amides is 1. The highest BCUT2D eigenvalue weighted by Gasteiger charge is 2.30. The minimum Gasteiger partial charge on any atom is -0.305 e. The standard InChI is InChI=1S/C25H28N2OS/c1-19-3-7-22(8-4-19)25(28)27(23-9-5-20(2)6-10-23)24-11-14-26(15-12-24)17-21-13-16-29-18-21/h3-10,13,16,18,24H,11-12,14-15,17H2,1-2H3.